The molecular formula is C12H24O4. The number of hydrogen-bond donors (Lipinski definition) is 3. The molecule has 0 aromatic heterocycles. The van der Waals surface area contributed by atoms with Gasteiger partial charge in [-0.25, -0.2) is 0 Å². The fourth-order valence-electron chi connectivity index (χ4n) is 2.22. The van der Waals surface area contributed by atoms with Gasteiger partial charge in [-0.15, -0.1) is 0 Å². The van der Waals surface area contributed by atoms with Crippen LogP contribution in [0.15, 0.2) is 0 Å². The topological polar surface area (TPSA) is 69.9 Å². The third-order valence-electron chi connectivity index (χ3n) is 3.43. The molecule has 0 spiro atoms. The predicted molar refractivity (Wildman–Crippen MR) is 61.1 cm³/mol. The predicted octanol–water partition coefficient (Wildman–Crippen LogP) is 0.684. The lowest BCUT2D eigenvalue weighted by molar-refractivity contribution is -0.191. The van der Waals surface area contributed by atoms with Crippen molar-refractivity contribution in [2.45, 2.75) is 63.9 Å². The van der Waals surface area contributed by atoms with Gasteiger partial charge >= 0.3 is 0 Å². The number of aliphatic hydroxyl groups excluding tert-OH is 3. The Kier molecular flexibility index (Phi) is 5.69. The molecule has 0 aliphatic carbocycles. The molecule has 0 aromatic rings. The van der Waals surface area contributed by atoms with Crippen molar-refractivity contribution in [3.8, 4) is 0 Å². The van der Waals surface area contributed by atoms with E-state index in [0.717, 1.165) is 19.3 Å². The lowest BCUT2D eigenvalue weighted by Gasteiger charge is -2.39. The second-order valence-corrected chi connectivity index (χ2v) is 4.81. The van der Waals surface area contributed by atoms with E-state index >= 15 is 0 Å². The van der Waals surface area contributed by atoms with Crippen LogP contribution in [0.3, 0.4) is 0 Å². The molecule has 0 bridgehead atoms. The van der Waals surface area contributed by atoms with Gasteiger partial charge in [-0.05, 0) is 12.3 Å². The van der Waals surface area contributed by atoms with Gasteiger partial charge in [0.2, 0.25) is 0 Å². The largest absolute Gasteiger partial charge is 0.394 e. The van der Waals surface area contributed by atoms with Gasteiger partial charge in [0.05, 0.1) is 18.8 Å². The molecule has 0 radical (unpaired) electrons. The highest BCUT2D eigenvalue weighted by atomic mass is 16.5. The maximum Gasteiger partial charge on any atom is 0.109 e. The maximum atomic E-state index is 9.68. The first kappa shape index (κ1) is 13.9. The molecule has 4 heteroatoms. The SMILES string of the molecule is CCCCC(C)[C@H]1C[C@@H](O)[C@H](O)[C@@H](CO)O1. The molecule has 5 atom stereocenters. The zero-order valence-electron chi connectivity index (χ0n) is 10.2. The molecule has 1 unspecified atom stereocenters. The smallest absolute Gasteiger partial charge is 0.109 e. The van der Waals surface area contributed by atoms with Crippen LogP contribution in [0.1, 0.15) is 39.5 Å². The summed E-state index contributed by atoms with van der Waals surface area (Å²) in [7, 11) is 0. The minimum absolute atomic E-state index is 0.0536. The number of unbranched alkanes of at least 4 members (excludes halogenated alkanes) is 1. The third-order valence-corrected chi connectivity index (χ3v) is 3.43. The number of rotatable bonds is 5. The summed E-state index contributed by atoms with van der Waals surface area (Å²) < 4.78 is 5.62. The van der Waals surface area contributed by atoms with Crippen LogP contribution in [0.4, 0.5) is 0 Å². The normalized spacial score (nSPS) is 37.3. The fourth-order valence-corrected chi connectivity index (χ4v) is 2.22. The van der Waals surface area contributed by atoms with Crippen molar-refractivity contribution in [2.24, 2.45) is 5.92 Å². The first-order valence-electron chi connectivity index (χ1n) is 6.22. The molecule has 0 aromatic carbocycles. The molecule has 4 nitrogen and oxygen atoms in total. The van der Waals surface area contributed by atoms with E-state index < -0.39 is 18.3 Å². The summed E-state index contributed by atoms with van der Waals surface area (Å²) in [4.78, 5) is 0. The van der Waals surface area contributed by atoms with Crippen LogP contribution in [-0.2, 0) is 4.74 Å². The molecule has 1 aliphatic heterocycles. The van der Waals surface area contributed by atoms with Gasteiger partial charge in [0.15, 0.2) is 0 Å². The van der Waals surface area contributed by atoms with Crippen LogP contribution < -0.4 is 0 Å². The molecule has 3 N–H and O–H groups in total. The molecule has 0 amide bonds. The first-order chi connectivity index (χ1) is 7.60. The lowest BCUT2D eigenvalue weighted by Crippen LogP contribution is -2.51. The second kappa shape index (κ2) is 6.55. The van der Waals surface area contributed by atoms with Crippen LogP contribution in [0.2, 0.25) is 0 Å². The van der Waals surface area contributed by atoms with Crippen LogP contribution in [-0.4, -0.2) is 46.3 Å². The van der Waals surface area contributed by atoms with E-state index in [1.54, 1.807) is 0 Å². The Morgan fingerprint density at radius 1 is 1.38 bits per heavy atom. The highest BCUT2D eigenvalue weighted by Crippen LogP contribution is 2.27. The summed E-state index contributed by atoms with van der Waals surface area (Å²) in [6.45, 7) is 4.00. The third kappa shape index (κ3) is 3.42. The number of ether oxygens (including phenoxy) is 1. The summed E-state index contributed by atoms with van der Waals surface area (Å²) >= 11 is 0. The van der Waals surface area contributed by atoms with E-state index in [0.29, 0.717) is 12.3 Å². The average Bonchev–Trinajstić information content (AvgIpc) is 2.29. The standard InChI is InChI=1S/C12H24O4/c1-3-4-5-8(2)10-6-9(14)12(15)11(7-13)16-10/h8-15H,3-7H2,1-2H3/t8?,9-,10-,11-,12+/m1/s1. The molecular weight excluding hydrogens is 208 g/mol. The zero-order valence-corrected chi connectivity index (χ0v) is 10.2. The Balaban J connectivity index is 2.49. The minimum Gasteiger partial charge on any atom is -0.394 e. The van der Waals surface area contributed by atoms with Crippen LogP contribution in [0, 0.1) is 5.92 Å². The van der Waals surface area contributed by atoms with E-state index in [9.17, 15) is 10.2 Å². The Hall–Kier alpha value is -0.160. The Morgan fingerprint density at radius 3 is 2.62 bits per heavy atom. The zero-order chi connectivity index (χ0) is 12.1. The lowest BCUT2D eigenvalue weighted by atomic mass is 9.89. The average molecular weight is 232 g/mol. The fraction of sp³-hybridized carbons (Fsp3) is 1.00. The Morgan fingerprint density at radius 2 is 2.06 bits per heavy atom. The summed E-state index contributed by atoms with van der Waals surface area (Å²) in [6, 6.07) is 0. The van der Waals surface area contributed by atoms with Gasteiger partial charge in [-0.1, -0.05) is 26.7 Å². The number of hydrogen-bond acceptors (Lipinski definition) is 4. The van der Waals surface area contributed by atoms with E-state index in [2.05, 4.69) is 13.8 Å². The molecule has 1 rings (SSSR count). The summed E-state index contributed by atoms with van der Waals surface area (Å²) in [5.41, 5.74) is 0. The molecule has 1 saturated heterocycles. The van der Waals surface area contributed by atoms with Crippen LogP contribution in [0.25, 0.3) is 0 Å². The van der Waals surface area contributed by atoms with Crippen molar-refractivity contribution in [1.29, 1.82) is 0 Å². The maximum absolute atomic E-state index is 9.68. The molecule has 96 valence electrons. The Labute approximate surface area is 97.2 Å². The van der Waals surface area contributed by atoms with Gasteiger partial charge in [-0.3, -0.25) is 0 Å². The van der Waals surface area contributed by atoms with E-state index in [1.165, 1.54) is 0 Å². The summed E-state index contributed by atoms with van der Waals surface area (Å²) in [5, 5.41) is 28.3. The molecule has 1 aliphatic rings. The monoisotopic (exact) mass is 232 g/mol. The molecule has 1 fully saturated rings. The quantitative estimate of drug-likeness (QED) is 0.652. The van der Waals surface area contributed by atoms with Gasteiger partial charge in [-0.2, -0.15) is 0 Å². The van der Waals surface area contributed by atoms with Crippen molar-refractivity contribution in [1.82, 2.24) is 0 Å². The van der Waals surface area contributed by atoms with Crippen molar-refractivity contribution >= 4 is 0 Å². The van der Waals surface area contributed by atoms with Crippen molar-refractivity contribution in [3.05, 3.63) is 0 Å². The Bertz CT molecular complexity index is 197. The van der Waals surface area contributed by atoms with Crippen molar-refractivity contribution in [2.75, 3.05) is 6.61 Å². The highest BCUT2D eigenvalue weighted by molar-refractivity contribution is 4.86. The number of aliphatic hydroxyl groups is 3. The molecule has 0 saturated carbocycles. The molecule has 1 heterocycles. The van der Waals surface area contributed by atoms with E-state index in [-0.39, 0.29) is 12.7 Å². The van der Waals surface area contributed by atoms with Gasteiger partial charge in [0, 0.05) is 6.42 Å². The van der Waals surface area contributed by atoms with Gasteiger partial charge in [0.1, 0.15) is 12.2 Å². The van der Waals surface area contributed by atoms with E-state index in [1.807, 2.05) is 0 Å². The van der Waals surface area contributed by atoms with Crippen molar-refractivity contribution < 1.29 is 20.1 Å². The van der Waals surface area contributed by atoms with Crippen LogP contribution in [0.5, 0.6) is 0 Å². The van der Waals surface area contributed by atoms with E-state index in [4.69, 9.17) is 9.84 Å². The van der Waals surface area contributed by atoms with Crippen molar-refractivity contribution in [3.63, 3.8) is 0 Å². The van der Waals surface area contributed by atoms with Gasteiger partial charge in [0.25, 0.3) is 0 Å². The second-order valence-electron chi connectivity index (χ2n) is 4.81. The summed E-state index contributed by atoms with van der Waals surface area (Å²) in [5.74, 6) is 0.358. The minimum atomic E-state index is -0.959. The molecule has 16 heavy (non-hydrogen) atoms. The van der Waals surface area contributed by atoms with Crippen LogP contribution >= 0.6 is 0 Å². The highest BCUT2D eigenvalue weighted by Gasteiger charge is 2.37. The van der Waals surface area contributed by atoms with Gasteiger partial charge < -0.3 is 20.1 Å². The summed E-state index contributed by atoms with van der Waals surface area (Å²) in [6.07, 6.45) is 1.37. The first-order valence-corrected chi connectivity index (χ1v) is 6.22.